The molecule has 2 aliphatic rings. The number of benzene rings is 3. The molecule has 3 heterocycles. The lowest BCUT2D eigenvalue weighted by atomic mass is 10.0. The van der Waals surface area contributed by atoms with Gasteiger partial charge in [0.15, 0.2) is 5.58 Å². The van der Waals surface area contributed by atoms with Crippen LogP contribution in [0.15, 0.2) is 82.0 Å². The lowest BCUT2D eigenvalue weighted by Gasteiger charge is -2.36. The summed E-state index contributed by atoms with van der Waals surface area (Å²) in [6, 6.07) is 24.4. The van der Waals surface area contributed by atoms with Gasteiger partial charge in [0.05, 0.1) is 17.8 Å². The van der Waals surface area contributed by atoms with Crippen molar-refractivity contribution in [1.29, 1.82) is 0 Å². The Bertz CT molecular complexity index is 1690. The van der Waals surface area contributed by atoms with Crippen LogP contribution in [0.4, 0.5) is 10.5 Å². The number of oxazole rings is 1. The van der Waals surface area contributed by atoms with E-state index in [0.29, 0.717) is 37.3 Å². The molecule has 0 bridgehead atoms. The van der Waals surface area contributed by atoms with Gasteiger partial charge in [0.25, 0.3) is 6.23 Å². The molecule has 2 aliphatic heterocycles. The minimum Gasteiger partial charge on any atom is -0.462 e. The molecule has 2 saturated heterocycles. The Morgan fingerprint density at radius 1 is 0.844 bits per heavy atom. The van der Waals surface area contributed by atoms with Crippen molar-refractivity contribution in [3.63, 3.8) is 0 Å². The molecule has 0 radical (unpaired) electrons. The fraction of sp³-hybridized carbons (Fsp3) is 0.382. The van der Waals surface area contributed by atoms with Gasteiger partial charge in [0.1, 0.15) is 0 Å². The number of carbonyl (C=O) groups is 2. The molecule has 1 unspecified atom stereocenters. The van der Waals surface area contributed by atoms with Gasteiger partial charge in [-0.25, -0.2) is 19.0 Å². The third-order valence-electron chi connectivity index (χ3n) is 8.47. The first-order chi connectivity index (χ1) is 21.9. The summed E-state index contributed by atoms with van der Waals surface area (Å²) in [5, 5.41) is 0. The number of anilines is 1. The number of likely N-dealkylation sites (N-methyl/N-ethyl adjacent to an activating group) is 1. The summed E-state index contributed by atoms with van der Waals surface area (Å²) < 4.78 is 17.7. The zero-order chi connectivity index (χ0) is 31.3. The van der Waals surface area contributed by atoms with Crippen LogP contribution < -0.4 is 10.7 Å². The van der Waals surface area contributed by atoms with Crippen LogP contribution in [0, 0.1) is 0 Å². The molecule has 11 nitrogen and oxygen atoms in total. The molecule has 4 aromatic rings. The average molecular weight is 614 g/mol. The molecule has 1 amide bonds. The molecular formula is C34H39N5O6. The van der Waals surface area contributed by atoms with E-state index in [1.165, 1.54) is 21.6 Å². The first-order valence-corrected chi connectivity index (χ1v) is 15.5. The van der Waals surface area contributed by atoms with Crippen LogP contribution >= 0.6 is 0 Å². The maximum absolute atomic E-state index is 13.3. The van der Waals surface area contributed by atoms with Gasteiger partial charge in [-0.3, -0.25) is 4.90 Å². The molecule has 2 fully saturated rings. The zero-order valence-corrected chi connectivity index (χ0v) is 25.8. The van der Waals surface area contributed by atoms with Crippen molar-refractivity contribution in [2.75, 3.05) is 70.9 Å². The molecule has 236 valence electrons. The largest absolute Gasteiger partial charge is 0.462 e. The number of para-hydroxylation sites is 1. The minimum absolute atomic E-state index is 0.0675. The highest BCUT2D eigenvalue weighted by molar-refractivity contribution is 5.89. The second kappa shape index (κ2) is 13.6. The summed E-state index contributed by atoms with van der Waals surface area (Å²) in [6.07, 6.45) is -2.28. The van der Waals surface area contributed by atoms with Crippen molar-refractivity contribution >= 4 is 28.8 Å². The third kappa shape index (κ3) is 6.74. The summed E-state index contributed by atoms with van der Waals surface area (Å²) >= 11 is 0. The molecule has 0 spiro atoms. The van der Waals surface area contributed by atoms with E-state index in [1.807, 2.05) is 25.2 Å². The summed E-state index contributed by atoms with van der Waals surface area (Å²) in [7, 11) is 1.98. The molecular weight excluding hydrogens is 574 g/mol. The molecule has 1 aromatic heterocycles. The number of piperazine rings is 2. The Labute approximate surface area is 262 Å². The normalized spacial score (nSPS) is 16.9. The molecule has 3 aromatic carbocycles. The smallest absolute Gasteiger partial charge is 0.423 e. The fourth-order valence-corrected chi connectivity index (χ4v) is 5.98. The predicted octanol–water partition coefficient (Wildman–Crippen LogP) is 4.03. The van der Waals surface area contributed by atoms with Crippen LogP contribution in [0.25, 0.3) is 22.2 Å². The Hall–Kier alpha value is -4.61. The highest BCUT2D eigenvalue weighted by atomic mass is 16.6. The lowest BCUT2D eigenvalue weighted by molar-refractivity contribution is -0.159. The first kappa shape index (κ1) is 30.4. The summed E-state index contributed by atoms with van der Waals surface area (Å²) in [5.74, 6) is -1.63. The van der Waals surface area contributed by atoms with Gasteiger partial charge in [0.2, 0.25) is 0 Å². The van der Waals surface area contributed by atoms with Gasteiger partial charge >= 0.3 is 17.8 Å². The highest BCUT2D eigenvalue weighted by Crippen LogP contribution is 2.30. The maximum atomic E-state index is 13.3. The van der Waals surface area contributed by atoms with Crippen LogP contribution in [0.1, 0.15) is 18.7 Å². The number of fused-ring (bicyclic) bond motifs is 1. The van der Waals surface area contributed by atoms with Crippen LogP contribution in [0.5, 0.6) is 0 Å². The molecule has 45 heavy (non-hydrogen) atoms. The number of carbonyl (C=O) groups excluding carboxylic acids is 2. The van der Waals surface area contributed by atoms with Crippen LogP contribution in [-0.2, 0) is 20.8 Å². The third-order valence-corrected chi connectivity index (χ3v) is 8.47. The van der Waals surface area contributed by atoms with Gasteiger partial charge in [-0.05, 0) is 48.9 Å². The van der Waals surface area contributed by atoms with Gasteiger partial charge < -0.3 is 28.6 Å². The molecule has 0 N–H and O–H groups in total. The zero-order valence-electron chi connectivity index (χ0n) is 25.8. The van der Waals surface area contributed by atoms with Crippen molar-refractivity contribution in [2.45, 2.75) is 19.7 Å². The standard InChI is InChI=1S/C34H39N5O6/c1-3-43-32(40)31(45-33(41)38-19-15-35(2)16-20-38)39-29-14-8-13-28(30(29)44-34(39)42)37-21-17-36(18-22-37)24-25-9-7-12-27(23-25)26-10-5-4-6-11-26/h4-14,23,31H,3,15-22,24H2,1-2H3. The average Bonchev–Trinajstić information content (AvgIpc) is 3.40. The topological polar surface area (TPSA) is 101 Å². The highest BCUT2D eigenvalue weighted by Gasteiger charge is 2.34. The Morgan fingerprint density at radius 3 is 2.29 bits per heavy atom. The molecule has 0 aliphatic carbocycles. The van der Waals surface area contributed by atoms with Crippen molar-refractivity contribution in [3.05, 3.63) is 88.9 Å². The molecule has 0 saturated carbocycles. The monoisotopic (exact) mass is 613 g/mol. The van der Waals surface area contributed by atoms with Gasteiger partial charge in [-0.1, -0.05) is 54.6 Å². The number of rotatable bonds is 8. The fourth-order valence-electron chi connectivity index (χ4n) is 5.98. The number of amides is 1. The van der Waals surface area contributed by atoms with E-state index in [9.17, 15) is 14.4 Å². The van der Waals surface area contributed by atoms with E-state index < -0.39 is 24.0 Å². The van der Waals surface area contributed by atoms with Crippen LogP contribution in [-0.4, -0.2) is 97.3 Å². The Balaban J connectivity index is 1.18. The second-order valence-electron chi connectivity index (χ2n) is 11.5. The number of hydrogen-bond acceptors (Lipinski definition) is 9. The SMILES string of the molecule is CCOC(=O)C(OC(=O)N1CCN(C)CC1)n1c(=O)oc2c(N3CCN(Cc4cccc(-c5ccccc5)c4)CC3)cccc21. The first-order valence-electron chi connectivity index (χ1n) is 15.5. The predicted molar refractivity (Wildman–Crippen MR) is 171 cm³/mol. The minimum atomic E-state index is -1.61. The van der Waals surface area contributed by atoms with E-state index >= 15 is 0 Å². The summed E-state index contributed by atoms with van der Waals surface area (Å²) in [5.41, 5.74) is 5.12. The lowest BCUT2D eigenvalue weighted by Crippen LogP contribution is -2.48. The molecule has 6 rings (SSSR count). The quantitative estimate of drug-likeness (QED) is 0.273. The van der Waals surface area contributed by atoms with Crippen molar-refractivity contribution in [1.82, 2.24) is 19.3 Å². The number of nitrogens with zero attached hydrogens (tertiary/aromatic N) is 5. The maximum Gasteiger partial charge on any atom is 0.423 e. The van der Waals surface area contributed by atoms with E-state index in [2.05, 4.69) is 63.2 Å². The van der Waals surface area contributed by atoms with Crippen molar-refractivity contribution in [3.8, 4) is 11.1 Å². The summed E-state index contributed by atoms with van der Waals surface area (Å²) in [4.78, 5) is 47.6. The number of aromatic nitrogens is 1. The van der Waals surface area contributed by atoms with E-state index in [0.717, 1.165) is 43.0 Å². The van der Waals surface area contributed by atoms with Gasteiger partial charge in [-0.2, -0.15) is 0 Å². The van der Waals surface area contributed by atoms with E-state index in [1.54, 1.807) is 13.0 Å². The molecule has 1 atom stereocenters. The molecule has 11 heteroatoms. The van der Waals surface area contributed by atoms with E-state index in [4.69, 9.17) is 13.9 Å². The Morgan fingerprint density at radius 2 is 1.56 bits per heavy atom. The summed E-state index contributed by atoms with van der Waals surface area (Å²) in [6.45, 7) is 7.96. The number of ether oxygens (including phenoxy) is 2. The van der Waals surface area contributed by atoms with E-state index in [-0.39, 0.29) is 6.61 Å². The van der Waals surface area contributed by atoms with Crippen molar-refractivity contribution in [2.24, 2.45) is 0 Å². The Kier molecular flexibility index (Phi) is 9.18. The van der Waals surface area contributed by atoms with Gasteiger partial charge in [0, 0.05) is 58.9 Å². The van der Waals surface area contributed by atoms with Crippen molar-refractivity contribution < 1.29 is 23.5 Å². The van der Waals surface area contributed by atoms with Crippen LogP contribution in [0.2, 0.25) is 0 Å². The number of hydrogen-bond donors (Lipinski definition) is 0. The second-order valence-corrected chi connectivity index (χ2v) is 11.5. The van der Waals surface area contributed by atoms with Gasteiger partial charge in [-0.15, -0.1) is 0 Å². The number of esters is 1. The van der Waals surface area contributed by atoms with Crippen LogP contribution in [0.3, 0.4) is 0 Å².